The number of aromatic nitrogens is 1. The van der Waals surface area contributed by atoms with Gasteiger partial charge < -0.3 is 11.1 Å². The normalized spacial score (nSPS) is 27.9. The molecule has 3 nitrogen and oxygen atoms in total. The van der Waals surface area contributed by atoms with Gasteiger partial charge in [-0.3, -0.25) is 4.98 Å². The Morgan fingerprint density at radius 2 is 1.45 bits per heavy atom. The zero-order valence-electron chi connectivity index (χ0n) is 25.4. The number of fused-ring (bicyclic) bond motifs is 1. The molecule has 0 saturated heterocycles. The van der Waals surface area contributed by atoms with E-state index in [2.05, 4.69) is 59.7 Å². The molecule has 3 aliphatic rings. The smallest absolute Gasteiger partial charge is 0.0403 e. The molecule has 0 aliphatic heterocycles. The van der Waals surface area contributed by atoms with Crippen LogP contribution in [0.15, 0.2) is 54.7 Å². The first-order valence-electron chi connectivity index (χ1n) is 17.1. The number of hydrogen-bond donors (Lipinski definition) is 2. The fourth-order valence-electron chi connectivity index (χ4n) is 9.35. The van der Waals surface area contributed by atoms with Crippen molar-refractivity contribution in [3.05, 3.63) is 60.4 Å². The highest BCUT2D eigenvalue weighted by atomic mass is 14.9. The number of nitrogens with one attached hydrogen (secondary N) is 1. The number of aryl methyl sites for hydroxylation is 1. The van der Waals surface area contributed by atoms with Crippen LogP contribution >= 0.6 is 0 Å². The average molecular weight is 544 g/mol. The molecule has 2 aromatic rings. The molecule has 3 N–H and O–H groups in total. The summed E-state index contributed by atoms with van der Waals surface area (Å²) in [5.41, 5.74) is 9.00. The summed E-state index contributed by atoms with van der Waals surface area (Å²) in [5, 5.41) is 3.82. The molecular formula is C37H57N3. The van der Waals surface area contributed by atoms with Crippen LogP contribution in [0.4, 0.5) is 5.69 Å². The van der Waals surface area contributed by atoms with Crippen molar-refractivity contribution in [3.8, 4) is 0 Å². The van der Waals surface area contributed by atoms with Crippen molar-refractivity contribution in [2.45, 2.75) is 103 Å². The molecule has 7 unspecified atom stereocenters. The van der Waals surface area contributed by atoms with Crippen LogP contribution in [0, 0.1) is 47.3 Å². The average Bonchev–Trinajstić information content (AvgIpc) is 3.02. The Bertz CT molecular complexity index is 956. The summed E-state index contributed by atoms with van der Waals surface area (Å²) < 4.78 is 0. The first-order chi connectivity index (χ1) is 19.7. The molecule has 3 heteroatoms. The summed E-state index contributed by atoms with van der Waals surface area (Å²) in [6.07, 6.45) is 22.9. The molecule has 220 valence electrons. The molecule has 1 aromatic carbocycles. The fourth-order valence-corrected chi connectivity index (χ4v) is 9.35. The van der Waals surface area contributed by atoms with E-state index in [0.29, 0.717) is 5.92 Å². The van der Waals surface area contributed by atoms with Gasteiger partial charge in [0.15, 0.2) is 0 Å². The first-order valence-corrected chi connectivity index (χ1v) is 17.1. The lowest BCUT2D eigenvalue weighted by Crippen LogP contribution is -2.43. The summed E-state index contributed by atoms with van der Waals surface area (Å²) in [5.74, 6) is 6.82. The van der Waals surface area contributed by atoms with Crippen LogP contribution in [0.2, 0.25) is 0 Å². The number of anilines is 1. The maximum atomic E-state index is 6.48. The second-order valence-corrected chi connectivity index (χ2v) is 13.8. The van der Waals surface area contributed by atoms with Gasteiger partial charge in [0.05, 0.1) is 0 Å². The third-order valence-corrected chi connectivity index (χ3v) is 11.6. The summed E-state index contributed by atoms with van der Waals surface area (Å²) in [6.45, 7) is 4.62. The Morgan fingerprint density at radius 1 is 0.750 bits per heavy atom. The van der Waals surface area contributed by atoms with Gasteiger partial charge >= 0.3 is 0 Å². The minimum Gasteiger partial charge on any atom is -0.385 e. The molecule has 3 saturated carbocycles. The summed E-state index contributed by atoms with van der Waals surface area (Å²) >= 11 is 0. The van der Waals surface area contributed by atoms with Crippen molar-refractivity contribution in [1.82, 2.24) is 4.98 Å². The lowest BCUT2D eigenvalue weighted by Gasteiger charge is -2.50. The number of hydrogen-bond acceptors (Lipinski definition) is 3. The van der Waals surface area contributed by atoms with Gasteiger partial charge in [-0.2, -0.15) is 0 Å². The second-order valence-electron chi connectivity index (χ2n) is 13.8. The maximum Gasteiger partial charge on any atom is 0.0403 e. The SMILES string of the molecule is CC(CCC(CNc1ccccc1)C1CCCCC1)C1CCC(C(CN)CCc2ccccn2)C2CCCCC12. The number of rotatable bonds is 13. The van der Waals surface area contributed by atoms with Crippen LogP contribution in [-0.2, 0) is 6.42 Å². The quantitative estimate of drug-likeness (QED) is 0.265. The molecule has 1 aromatic heterocycles. The third kappa shape index (κ3) is 7.90. The van der Waals surface area contributed by atoms with Gasteiger partial charge in [0.1, 0.15) is 0 Å². The minimum absolute atomic E-state index is 0.656. The fraction of sp³-hybridized carbons (Fsp3) is 0.703. The van der Waals surface area contributed by atoms with Crippen molar-refractivity contribution >= 4 is 5.69 Å². The summed E-state index contributed by atoms with van der Waals surface area (Å²) in [4.78, 5) is 4.60. The lowest BCUT2D eigenvalue weighted by molar-refractivity contribution is -0.00336. The van der Waals surface area contributed by atoms with E-state index < -0.39 is 0 Å². The Hall–Kier alpha value is -1.87. The molecule has 3 fully saturated rings. The van der Waals surface area contributed by atoms with Crippen molar-refractivity contribution < 1.29 is 0 Å². The van der Waals surface area contributed by atoms with Crippen molar-refractivity contribution in [2.75, 3.05) is 18.4 Å². The van der Waals surface area contributed by atoms with E-state index in [1.807, 2.05) is 12.3 Å². The van der Waals surface area contributed by atoms with Crippen molar-refractivity contribution in [2.24, 2.45) is 53.1 Å². The predicted molar refractivity (Wildman–Crippen MR) is 170 cm³/mol. The van der Waals surface area contributed by atoms with Crippen molar-refractivity contribution in [3.63, 3.8) is 0 Å². The molecule has 0 spiro atoms. The van der Waals surface area contributed by atoms with Gasteiger partial charge in [-0.15, -0.1) is 0 Å². The third-order valence-electron chi connectivity index (χ3n) is 11.6. The van der Waals surface area contributed by atoms with Crippen LogP contribution in [0.5, 0.6) is 0 Å². The van der Waals surface area contributed by atoms with Gasteiger partial charge in [-0.25, -0.2) is 0 Å². The van der Waals surface area contributed by atoms with E-state index in [-0.39, 0.29) is 0 Å². The number of benzene rings is 1. The van der Waals surface area contributed by atoms with E-state index in [1.165, 1.54) is 101 Å². The van der Waals surface area contributed by atoms with Crippen LogP contribution in [0.1, 0.15) is 103 Å². The van der Waals surface area contributed by atoms with E-state index >= 15 is 0 Å². The van der Waals surface area contributed by atoms with Crippen LogP contribution < -0.4 is 11.1 Å². The van der Waals surface area contributed by atoms with Gasteiger partial charge in [0.25, 0.3) is 0 Å². The van der Waals surface area contributed by atoms with Crippen LogP contribution in [0.3, 0.4) is 0 Å². The van der Waals surface area contributed by atoms with E-state index in [1.54, 1.807) is 0 Å². The molecule has 3 aliphatic carbocycles. The maximum absolute atomic E-state index is 6.48. The summed E-state index contributed by atoms with van der Waals surface area (Å²) in [6, 6.07) is 17.2. The molecule has 5 rings (SSSR count). The zero-order valence-corrected chi connectivity index (χ0v) is 25.4. The highest BCUT2D eigenvalue weighted by Gasteiger charge is 2.44. The Labute approximate surface area is 245 Å². The van der Waals surface area contributed by atoms with E-state index in [4.69, 9.17) is 5.73 Å². The highest BCUT2D eigenvalue weighted by molar-refractivity contribution is 5.42. The monoisotopic (exact) mass is 543 g/mol. The van der Waals surface area contributed by atoms with Gasteiger partial charge in [-0.1, -0.05) is 82.6 Å². The summed E-state index contributed by atoms with van der Waals surface area (Å²) in [7, 11) is 0. The number of pyridine rings is 1. The minimum atomic E-state index is 0.656. The zero-order chi connectivity index (χ0) is 27.6. The lowest BCUT2D eigenvalue weighted by atomic mass is 9.55. The van der Waals surface area contributed by atoms with E-state index in [0.717, 1.165) is 60.9 Å². The Balaban J connectivity index is 1.19. The molecular weight excluding hydrogens is 486 g/mol. The predicted octanol–water partition coefficient (Wildman–Crippen LogP) is 9.15. The van der Waals surface area contributed by atoms with Gasteiger partial charge in [0.2, 0.25) is 0 Å². The Morgan fingerprint density at radius 3 is 2.17 bits per heavy atom. The molecule has 0 amide bonds. The molecule has 7 atom stereocenters. The number of nitrogens with two attached hydrogens (primary N) is 1. The van der Waals surface area contributed by atoms with Crippen LogP contribution in [-0.4, -0.2) is 18.1 Å². The first kappa shape index (κ1) is 29.6. The highest BCUT2D eigenvalue weighted by Crippen LogP contribution is 2.52. The molecule has 0 radical (unpaired) electrons. The van der Waals surface area contributed by atoms with E-state index in [9.17, 15) is 0 Å². The molecule has 40 heavy (non-hydrogen) atoms. The van der Waals surface area contributed by atoms with Gasteiger partial charge in [-0.05, 0) is 123 Å². The van der Waals surface area contributed by atoms with Crippen molar-refractivity contribution in [1.29, 1.82) is 0 Å². The second kappa shape index (κ2) is 15.4. The Kier molecular flexibility index (Phi) is 11.4. The van der Waals surface area contributed by atoms with Gasteiger partial charge in [0, 0.05) is 24.1 Å². The standard InChI is InChI=1S/C37H57N3/c1-28(19-20-31(29-12-4-2-5-13-29)27-40-32-14-6-3-7-15-32)34-23-24-35(37-18-9-8-17-36(34)37)30(26-38)21-22-33-16-10-11-25-39-33/h3,6-7,10-11,14-16,25,28-31,34-37,40H,2,4-5,8-9,12-13,17-24,26-27,38H2,1H3. The topological polar surface area (TPSA) is 50.9 Å². The number of nitrogens with zero attached hydrogens (tertiary/aromatic N) is 1. The molecule has 0 bridgehead atoms. The molecule has 1 heterocycles. The van der Waals surface area contributed by atoms with Crippen LogP contribution in [0.25, 0.3) is 0 Å². The number of para-hydroxylation sites is 1. The largest absolute Gasteiger partial charge is 0.385 e.